The standard InChI is InChI=1S/C20H25N3O3S/c1-2-18(16-6-4-3-5-7-16)20(24)22-10-8-17(9-11-22)21-13-15-12-19(23(25)26)27-14-15/h3-7,12,14,17-18,21H,2,8-11,13H2,1H3. The number of carbonyl (C=O) groups is 1. The van der Waals surface area contributed by atoms with E-state index < -0.39 is 0 Å². The van der Waals surface area contributed by atoms with Gasteiger partial charge in [0, 0.05) is 37.1 Å². The first kappa shape index (κ1) is 19.5. The SMILES string of the molecule is CCC(C(=O)N1CCC(NCc2csc([N+](=O)[O-])c2)CC1)c1ccccc1. The molecule has 1 unspecified atom stereocenters. The molecule has 1 aromatic heterocycles. The summed E-state index contributed by atoms with van der Waals surface area (Å²) in [7, 11) is 0. The van der Waals surface area contributed by atoms with Crippen molar-refractivity contribution in [2.24, 2.45) is 0 Å². The number of thiophene rings is 1. The third-order valence-electron chi connectivity index (χ3n) is 5.13. The van der Waals surface area contributed by atoms with E-state index in [9.17, 15) is 14.9 Å². The highest BCUT2D eigenvalue weighted by atomic mass is 32.1. The monoisotopic (exact) mass is 387 g/mol. The number of benzene rings is 1. The minimum Gasteiger partial charge on any atom is -0.342 e. The molecule has 0 bridgehead atoms. The first-order valence-electron chi connectivity index (χ1n) is 9.37. The van der Waals surface area contributed by atoms with Crippen molar-refractivity contribution in [3.8, 4) is 0 Å². The maximum Gasteiger partial charge on any atom is 0.324 e. The fraction of sp³-hybridized carbons (Fsp3) is 0.450. The molecule has 1 fully saturated rings. The molecule has 1 aliphatic rings. The number of nitro groups is 1. The fourth-order valence-electron chi connectivity index (χ4n) is 3.58. The lowest BCUT2D eigenvalue weighted by molar-refractivity contribution is -0.380. The van der Waals surface area contributed by atoms with Crippen molar-refractivity contribution >= 4 is 22.2 Å². The molecule has 0 aliphatic carbocycles. The van der Waals surface area contributed by atoms with Crippen molar-refractivity contribution in [1.29, 1.82) is 0 Å². The lowest BCUT2D eigenvalue weighted by Gasteiger charge is -2.34. The zero-order valence-corrected chi connectivity index (χ0v) is 16.3. The summed E-state index contributed by atoms with van der Waals surface area (Å²) in [6, 6.07) is 12.0. The molecule has 7 heteroatoms. The number of carbonyl (C=O) groups excluding carboxylic acids is 1. The lowest BCUT2D eigenvalue weighted by atomic mass is 9.93. The highest BCUT2D eigenvalue weighted by molar-refractivity contribution is 7.13. The second kappa shape index (κ2) is 9.10. The Hall–Kier alpha value is -2.25. The molecule has 0 saturated carbocycles. The topological polar surface area (TPSA) is 75.5 Å². The van der Waals surface area contributed by atoms with E-state index >= 15 is 0 Å². The van der Waals surface area contributed by atoms with E-state index in [1.807, 2.05) is 40.6 Å². The summed E-state index contributed by atoms with van der Waals surface area (Å²) >= 11 is 1.16. The summed E-state index contributed by atoms with van der Waals surface area (Å²) < 4.78 is 0. The largest absolute Gasteiger partial charge is 0.342 e. The van der Waals surface area contributed by atoms with Crippen LogP contribution in [0.4, 0.5) is 5.00 Å². The fourth-order valence-corrected chi connectivity index (χ4v) is 4.30. The number of likely N-dealkylation sites (tertiary alicyclic amines) is 1. The Morgan fingerprint density at radius 2 is 2.04 bits per heavy atom. The van der Waals surface area contributed by atoms with E-state index in [1.165, 1.54) is 0 Å². The Labute approximate surface area is 163 Å². The van der Waals surface area contributed by atoms with Crippen LogP contribution in [0.1, 0.15) is 43.2 Å². The summed E-state index contributed by atoms with van der Waals surface area (Å²) in [5.74, 6) is 0.151. The number of piperidine rings is 1. The Balaban J connectivity index is 1.49. The zero-order chi connectivity index (χ0) is 19.2. The second-order valence-electron chi connectivity index (χ2n) is 6.90. The van der Waals surface area contributed by atoms with Crippen molar-refractivity contribution in [1.82, 2.24) is 10.2 Å². The molecule has 1 amide bonds. The van der Waals surface area contributed by atoms with Gasteiger partial charge in [-0.05, 0) is 30.4 Å². The average molecular weight is 388 g/mol. The summed E-state index contributed by atoms with van der Waals surface area (Å²) in [5.41, 5.74) is 2.03. The molecule has 0 spiro atoms. The molecule has 3 rings (SSSR count). The summed E-state index contributed by atoms with van der Waals surface area (Å²) in [6.07, 6.45) is 2.62. The first-order valence-corrected chi connectivity index (χ1v) is 10.3. The van der Waals surface area contributed by atoms with Gasteiger partial charge in [-0.15, -0.1) is 0 Å². The van der Waals surface area contributed by atoms with E-state index in [1.54, 1.807) is 6.07 Å². The maximum absolute atomic E-state index is 12.9. The van der Waals surface area contributed by atoms with Gasteiger partial charge in [-0.3, -0.25) is 14.9 Å². The van der Waals surface area contributed by atoms with E-state index in [4.69, 9.17) is 0 Å². The molecule has 1 N–H and O–H groups in total. The van der Waals surface area contributed by atoms with Crippen LogP contribution in [0.25, 0.3) is 0 Å². The van der Waals surface area contributed by atoms with Gasteiger partial charge in [0.05, 0.1) is 10.8 Å². The zero-order valence-electron chi connectivity index (χ0n) is 15.5. The van der Waals surface area contributed by atoms with Crippen LogP contribution in [-0.2, 0) is 11.3 Å². The maximum atomic E-state index is 12.9. The van der Waals surface area contributed by atoms with E-state index in [2.05, 4.69) is 12.2 Å². The number of nitrogens with zero attached hydrogens (tertiary/aromatic N) is 2. The normalized spacial score (nSPS) is 16.3. The van der Waals surface area contributed by atoms with Crippen LogP contribution >= 0.6 is 11.3 Å². The van der Waals surface area contributed by atoms with Crippen LogP contribution in [0.2, 0.25) is 0 Å². The van der Waals surface area contributed by atoms with Crippen molar-refractivity contribution < 1.29 is 9.72 Å². The van der Waals surface area contributed by atoms with Gasteiger partial charge >= 0.3 is 5.00 Å². The second-order valence-corrected chi connectivity index (χ2v) is 7.79. The molecule has 1 aliphatic heterocycles. The van der Waals surface area contributed by atoms with Crippen molar-refractivity contribution in [3.05, 3.63) is 63.0 Å². The number of hydrogen-bond acceptors (Lipinski definition) is 5. The predicted molar refractivity (Wildman–Crippen MR) is 107 cm³/mol. The molecule has 2 aromatic rings. The molecule has 2 heterocycles. The molecule has 6 nitrogen and oxygen atoms in total. The third kappa shape index (κ3) is 4.93. The van der Waals surface area contributed by atoms with E-state index in [0.29, 0.717) is 12.6 Å². The van der Waals surface area contributed by atoms with Crippen LogP contribution in [0, 0.1) is 10.1 Å². The summed E-state index contributed by atoms with van der Waals surface area (Å²) in [4.78, 5) is 25.3. The van der Waals surface area contributed by atoms with Crippen LogP contribution in [0.3, 0.4) is 0 Å². The van der Waals surface area contributed by atoms with Crippen LogP contribution in [-0.4, -0.2) is 34.9 Å². The number of nitrogens with one attached hydrogen (secondary N) is 1. The van der Waals surface area contributed by atoms with E-state index in [0.717, 1.165) is 54.8 Å². The summed E-state index contributed by atoms with van der Waals surface area (Å²) in [5, 5.41) is 16.2. The minimum atomic E-state index is -0.352. The lowest BCUT2D eigenvalue weighted by Crippen LogP contribution is -2.46. The molecule has 1 atom stereocenters. The van der Waals surface area contributed by atoms with Gasteiger partial charge in [-0.25, -0.2) is 0 Å². The molecule has 1 aromatic carbocycles. The molecule has 1 saturated heterocycles. The van der Waals surface area contributed by atoms with Gasteiger partial charge < -0.3 is 10.2 Å². The van der Waals surface area contributed by atoms with Crippen LogP contribution < -0.4 is 5.32 Å². The average Bonchev–Trinajstić information content (AvgIpc) is 3.17. The quantitative estimate of drug-likeness (QED) is 0.577. The Morgan fingerprint density at radius 3 is 2.63 bits per heavy atom. The van der Waals surface area contributed by atoms with Gasteiger partial charge in [0.2, 0.25) is 5.91 Å². The predicted octanol–water partition coefficient (Wildman–Crippen LogP) is 3.93. The summed E-state index contributed by atoms with van der Waals surface area (Å²) in [6.45, 7) is 4.20. The minimum absolute atomic E-state index is 0.0675. The third-order valence-corrected chi connectivity index (χ3v) is 6.06. The van der Waals surface area contributed by atoms with Crippen molar-refractivity contribution in [2.75, 3.05) is 13.1 Å². The molecule has 27 heavy (non-hydrogen) atoms. The Bertz CT molecular complexity index is 770. The van der Waals surface area contributed by atoms with E-state index in [-0.39, 0.29) is 21.7 Å². The Kier molecular flexibility index (Phi) is 6.58. The Morgan fingerprint density at radius 1 is 1.33 bits per heavy atom. The van der Waals surface area contributed by atoms with Crippen LogP contribution in [0.15, 0.2) is 41.8 Å². The smallest absolute Gasteiger partial charge is 0.324 e. The molecular formula is C20H25N3O3S. The highest BCUT2D eigenvalue weighted by Gasteiger charge is 2.28. The molecule has 0 radical (unpaired) electrons. The van der Waals surface area contributed by atoms with Gasteiger partial charge in [-0.2, -0.15) is 0 Å². The highest BCUT2D eigenvalue weighted by Crippen LogP contribution is 2.25. The van der Waals surface area contributed by atoms with Gasteiger partial charge in [0.15, 0.2) is 0 Å². The van der Waals surface area contributed by atoms with Gasteiger partial charge in [0.1, 0.15) is 0 Å². The van der Waals surface area contributed by atoms with Gasteiger partial charge in [-0.1, -0.05) is 48.6 Å². The number of hydrogen-bond donors (Lipinski definition) is 1. The van der Waals surface area contributed by atoms with Gasteiger partial charge in [0.25, 0.3) is 0 Å². The number of rotatable bonds is 7. The van der Waals surface area contributed by atoms with Crippen molar-refractivity contribution in [3.63, 3.8) is 0 Å². The molecular weight excluding hydrogens is 362 g/mol. The van der Waals surface area contributed by atoms with Crippen molar-refractivity contribution in [2.45, 2.75) is 44.7 Å². The molecule has 144 valence electrons. The number of amides is 1. The van der Waals surface area contributed by atoms with Crippen LogP contribution in [0.5, 0.6) is 0 Å². The first-order chi connectivity index (χ1) is 13.1.